The molecular weight excluding hydrogens is 559 g/mol. The average molecular weight is 586 g/mol. The van der Waals surface area contributed by atoms with Gasteiger partial charge in [-0.25, -0.2) is 4.98 Å². The van der Waals surface area contributed by atoms with Crippen LogP contribution in [0, 0.1) is 10.1 Å². The summed E-state index contributed by atoms with van der Waals surface area (Å²) >= 11 is 0. The highest BCUT2D eigenvalue weighted by atomic mass is 19.4. The molecule has 0 radical (unpaired) electrons. The molecule has 6 rings (SSSR count). The van der Waals surface area contributed by atoms with Crippen molar-refractivity contribution in [3.63, 3.8) is 0 Å². The van der Waals surface area contributed by atoms with E-state index in [2.05, 4.69) is 14.6 Å². The quantitative estimate of drug-likeness (QED) is 0.195. The van der Waals surface area contributed by atoms with E-state index in [4.69, 9.17) is 19.2 Å². The molecule has 2 aliphatic heterocycles. The Bertz CT molecular complexity index is 1570. The number of aromatic nitrogens is 3. The smallest absolute Gasteiger partial charge is 0.490 e. The number of alkyl halides is 3. The molecule has 4 heterocycles. The molecule has 0 aliphatic carbocycles. The van der Waals surface area contributed by atoms with E-state index in [9.17, 15) is 23.3 Å². The summed E-state index contributed by atoms with van der Waals surface area (Å²) in [5, 5.41) is 11.9. The second-order valence-corrected chi connectivity index (χ2v) is 10.0. The first-order valence-electron chi connectivity index (χ1n) is 13.4. The molecule has 1 unspecified atom stereocenters. The molecule has 2 aromatic heterocycles. The minimum Gasteiger partial charge on any atom is -0.490 e. The number of fused-ring (bicyclic) bond motifs is 2. The van der Waals surface area contributed by atoms with Gasteiger partial charge in [-0.2, -0.15) is 0 Å². The van der Waals surface area contributed by atoms with Crippen LogP contribution in [0.2, 0.25) is 0 Å². The molecule has 220 valence electrons. The molecule has 2 aromatic carbocycles. The van der Waals surface area contributed by atoms with Crippen LogP contribution < -0.4 is 23.8 Å². The third-order valence-corrected chi connectivity index (χ3v) is 7.09. The molecule has 1 atom stereocenters. The van der Waals surface area contributed by atoms with E-state index < -0.39 is 11.3 Å². The highest BCUT2D eigenvalue weighted by Gasteiger charge is 2.31. The van der Waals surface area contributed by atoms with Crippen molar-refractivity contribution >= 4 is 22.5 Å². The standard InChI is InChI=1S/C28H26F3N5O6/c29-28(30,31)42-21-4-2-19(3-5-21)40-20-9-12-34(13-10-20)25-8-1-18-15-22(6-7-24(18)32-25)39-17-23-11-14-35-16-26(36(37)38)33-27(35)41-23/h1-8,15-16,20,23H,9-14,17H2. The monoisotopic (exact) mass is 585 g/mol. The first-order chi connectivity index (χ1) is 20.2. The van der Waals surface area contributed by atoms with Crippen molar-refractivity contribution in [3.05, 3.63) is 70.9 Å². The number of hydrogen-bond donors (Lipinski definition) is 0. The number of imidazole rings is 1. The van der Waals surface area contributed by atoms with Crippen molar-refractivity contribution in [2.45, 2.75) is 44.4 Å². The Morgan fingerprint density at radius 2 is 1.69 bits per heavy atom. The van der Waals surface area contributed by atoms with Gasteiger partial charge < -0.3 is 34.0 Å². The minimum absolute atomic E-state index is 0.0564. The van der Waals surface area contributed by atoms with Gasteiger partial charge in [0.2, 0.25) is 0 Å². The molecule has 11 nitrogen and oxygen atoms in total. The second kappa shape index (κ2) is 11.3. The van der Waals surface area contributed by atoms with Crippen LogP contribution in [0.1, 0.15) is 19.3 Å². The molecule has 0 bridgehead atoms. The lowest BCUT2D eigenvalue weighted by Gasteiger charge is -2.33. The summed E-state index contributed by atoms with van der Waals surface area (Å²) in [7, 11) is 0. The number of aryl methyl sites for hydroxylation is 1. The fraction of sp³-hybridized carbons (Fsp3) is 0.357. The zero-order chi connectivity index (χ0) is 29.3. The molecule has 14 heteroatoms. The van der Waals surface area contributed by atoms with E-state index in [1.54, 1.807) is 4.57 Å². The number of benzene rings is 2. The fourth-order valence-electron chi connectivity index (χ4n) is 5.00. The van der Waals surface area contributed by atoms with Crippen molar-refractivity contribution in [2.24, 2.45) is 0 Å². The van der Waals surface area contributed by atoms with Crippen LogP contribution >= 0.6 is 0 Å². The largest absolute Gasteiger partial charge is 0.573 e. The zero-order valence-corrected chi connectivity index (χ0v) is 22.2. The SMILES string of the molecule is O=[N+]([O-])c1cn2c(n1)OC(COc1ccc3nc(N4CCC(Oc5ccc(OC(F)(F)F)cc5)CC4)ccc3c1)CC2. The van der Waals surface area contributed by atoms with Gasteiger partial charge in [0.1, 0.15) is 48.1 Å². The Morgan fingerprint density at radius 3 is 2.43 bits per heavy atom. The average Bonchev–Trinajstić information content (AvgIpc) is 3.41. The maximum Gasteiger partial charge on any atom is 0.573 e. The first kappa shape index (κ1) is 27.4. The molecule has 42 heavy (non-hydrogen) atoms. The van der Waals surface area contributed by atoms with Gasteiger partial charge in [0.15, 0.2) is 0 Å². The number of nitrogens with zero attached hydrogens (tertiary/aromatic N) is 5. The van der Waals surface area contributed by atoms with Crippen molar-refractivity contribution in [2.75, 3.05) is 24.6 Å². The second-order valence-electron chi connectivity index (χ2n) is 10.0. The number of anilines is 1. The molecule has 0 saturated carbocycles. The molecule has 0 spiro atoms. The first-order valence-corrected chi connectivity index (χ1v) is 13.4. The Balaban J connectivity index is 1.00. The minimum atomic E-state index is -4.73. The summed E-state index contributed by atoms with van der Waals surface area (Å²) in [5.41, 5.74) is 0.822. The van der Waals surface area contributed by atoms with Crippen LogP contribution in [0.4, 0.5) is 24.8 Å². The maximum atomic E-state index is 12.4. The summed E-state index contributed by atoms with van der Waals surface area (Å²) in [6.45, 7) is 2.29. The summed E-state index contributed by atoms with van der Waals surface area (Å²) < 4.78 is 60.3. The molecule has 1 saturated heterocycles. The topological polar surface area (TPSA) is 114 Å². The number of piperidine rings is 1. The number of rotatable bonds is 8. The number of ether oxygens (including phenoxy) is 4. The third-order valence-electron chi connectivity index (χ3n) is 7.09. The number of hydrogen-bond acceptors (Lipinski definition) is 9. The number of nitro groups is 1. The van der Waals surface area contributed by atoms with Gasteiger partial charge in [0, 0.05) is 49.3 Å². The predicted octanol–water partition coefficient (Wildman–Crippen LogP) is 5.52. The molecule has 0 amide bonds. The van der Waals surface area contributed by atoms with E-state index in [-0.39, 0.29) is 36.4 Å². The Morgan fingerprint density at radius 1 is 0.952 bits per heavy atom. The van der Waals surface area contributed by atoms with Crippen LogP contribution in [0.25, 0.3) is 10.9 Å². The highest BCUT2D eigenvalue weighted by molar-refractivity contribution is 5.81. The predicted molar refractivity (Wildman–Crippen MR) is 144 cm³/mol. The zero-order valence-electron chi connectivity index (χ0n) is 22.2. The third kappa shape index (κ3) is 6.42. The van der Waals surface area contributed by atoms with Crippen LogP contribution in [0.5, 0.6) is 23.3 Å². The Hall–Kier alpha value is -4.75. The van der Waals surface area contributed by atoms with E-state index in [0.717, 1.165) is 42.7 Å². The fourth-order valence-corrected chi connectivity index (χ4v) is 5.00. The summed E-state index contributed by atoms with van der Waals surface area (Å²) in [6.07, 6.45) is -1.56. The normalized spacial score (nSPS) is 17.4. The number of halogens is 3. The van der Waals surface area contributed by atoms with Crippen molar-refractivity contribution in [1.29, 1.82) is 0 Å². The Kier molecular flexibility index (Phi) is 7.35. The molecule has 4 aromatic rings. The van der Waals surface area contributed by atoms with Gasteiger partial charge in [-0.1, -0.05) is 0 Å². The van der Waals surface area contributed by atoms with E-state index in [0.29, 0.717) is 24.5 Å². The van der Waals surface area contributed by atoms with E-state index in [1.807, 2.05) is 30.3 Å². The lowest BCUT2D eigenvalue weighted by molar-refractivity contribution is -0.389. The molecular formula is C28H26F3N5O6. The van der Waals surface area contributed by atoms with Gasteiger partial charge in [-0.05, 0) is 59.5 Å². The lowest BCUT2D eigenvalue weighted by Crippen LogP contribution is -2.38. The van der Waals surface area contributed by atoms with Crippen LogP contribution in [0.3, 0.4) is 0 Å². The van der Waals surface area contributed by atoms with Gasteiger partial charge in [0.25, 0.3) is 0 Å². The highest BCUT2D eigenvalue weighted by Crippen LogP contribution is 2.29. The molecule has 0 N–H and O–H groups in total. The van der Waals surface area contributed by atoms with Gasteiger partial charge in [0.05, 0.1) is 5.52 Å². The van der Waals surface area contributed by atoms with Crippen LogP contribution in [0.15, 0.2) is 60.8 Å². The van der Waals surface area contributed by atoms with Crippen molar-refractivity contribution in [3.8, 4) is 23.3 Å². The van der Waals surface area contributed by atoms with E-state index >= 15 is 0 Å². The van der Waals surface area contributed by atoms with Crippen LogP contribution in [-0.2, 0) is 6.54 Å². The van der Waals surface area contributed by atoms with Gasteiger partial charge in [-0.15, -0.1) is 13.2 Å². The van der Waals surface area contributed by atoms with Crippen molar-refractivity contribution in [1.82, 2.24) is 14.5 Å². The maximum absolute atomic E-state index is 12.4. The van der Waals surface area contributed by atoms with E-state index in [1.165, 1.54) is 30.5 Å². The summed E-state index contributed by atoms with van der Waals surface area (Å²) in [5.74, 6) is 1.49. The molecule has 1 fully saturated rings. The summed E-state index contributed by atoms with van der Waals surface area (Å²) in [4.78, 5) is 21.3. The Labute approximate surface area is 237 Å². The van der Waals surface area contributed by atoms with Gasteiger partial charge >= 0.3 is 18.2 Å². The van der Waals surface area contributed by atoms with Gasteiger partial charge in [-0.3, -0.25) is 4.57 Å². The van der Waals surface area contributed by atoms with Crippen molar-refractivity contribution < 1.29 is 37.0 Å². The van der Waals surface area contributed by atoms with Crippen LogP contribution in [-0.4, -0.2) is 57.7 Å². The summed E-state index contributed by atoms with van der Waals surface area (Å²) in [6, 6.07) is 15.3. The number of pyridine rings is 1. The molecule has 2 aliphatic rings. The lowest BCUT2D eigenvalue weighted by atomic mass is 10.1.